The largest absolute Gasteiger partial charge is 0.481 e. The quantitative estimate of drug-likeness (QED) is 0.463. The molecular formula is C11H18O2. The maximum absolute atomic E-state index is 10.6. The molecule has 2 nitrogen and oxygen atoms in total. The summed E-state index contributed by atoms with van der Waals surface area (Å²) in [5, 5.41) is 8.69. The highest BCUT2D eigenvalue weighted by atomic mass is 16.4. The molecule has 0 heterocycles. The lowest BCUT2D eigenvalue weighted by Gasteiger charge is -2.05. The molecule has 0 aliphatic heterocycles. The number of unbranched alkanes of at least 4 members (excludes halogenated alkanes) is 3. The monoisotopic (exact) mass is 182 g/mol. The number of carboxylic acids is 1. The van der Waals surface area contributed by atoms with E-state index in [0.717, 1.165) is 25.7 Å². The highest BCUT2D eigenvalue weighted by Gasteiger charge is 2.11. The highest BCUT2D eigenvalue weighted by Crippen LogP contribution is 2.12. The number of hydrogen-bond donors (Lipinski definition) is 1. The Morgan fingerprint density at radius 1 is 1.31 bits per heavy atom. The number of allylic oxidation sites excluding steroid dienone is 1. The van der Waals surface area contributed by atoms with Crippen LogP contribution in [0.4, 0.5) is 0 Å². The zero-order valence-corrected chi connectivity index (χ0v) is 8.04. The molecule has 2 heteroatoms. The Kier molecular flexibility index (Phi) is 6.98. The van der Waals surface area contributed by atoms with Crippen molar-refractivity contribution in [1.82, 2.24) is 0 Å². The van der Waals surface area contributed by atoms with Crippen LogP contribution in [0.15, 0.2) is 25.3 Å². The fourth-order valence-electron chi connectivity index (χ4n) is 1.17. The normalized spacial score (nSPS) is 12.0. The van der Waals surface area contributed by atoms with Crippen LogP contribution in [0.2, 0.25) is 0 Å². The molecule has 0 saturated carbocycles. The second kappa shape index (κ2) is 7.59. The van der Waals surface area contributed by atoms with Gasteiger partial charge in [-0.1, -0.05) is 25.0 Å². The van der Waals surface area contributed by atoms with Gasteiger partial charge in [0.15, 0.2) is 0 Å². The van der Waals surface area contributed by atoms with E-state index >= 15 is 0 Å². The molecule has 0 spiro atoms. The van der Waals surface area contributed by atoms with E-state index in [1.54, 1.807) is 0 Å². The third-order valence-corrected chi connectivity index (χ3v) is 2.03. The lowest BCUT2D eigenvalue weighted by molar-refractivity contribution is -0.140. The molecular weight excluding hydrogens is 164 g/mol. The van der Waals surface area contributed by atoms with Crippen LogP contribution in [0.5, 0.6) is 0 Å². The third-order valence-electron chi connectivity index (χ3n) is 2.03. The van der Waals surface area contributed by atoms with Crippen molar-refractivity contribution in [1.29, 1.82) is 0 Å². The first kappa shape index (κ1) is 11.9. The lowest BCUT2D eigenvalue weighted by atomic mass is 10.0. The van der Waals surface area contributed by atoms with Crippen molar-refractivity contribution in [3.05, 3.63) is 25.3 Å². The molecule has 0 rings (SSSR count). The number of aliphatic carboxylic acids is 1. The van der Waals surface area contributed by atoms with Crippen LogP contribution in [0.25, 0.3) is 0 Å². The Labute approximate surface area is 80.0 Å². The predicted molar refractivity (Wildman–Crippen MR) is 54.6 cm³/mol. The summed E-state index contributed by atoms with van der Waals surface area (Å²) in [6, 6.07) is 0. The van der Waals surface area contributed by atoms with Crippen LogP contribution in [-0.2, 0) is 4.79 Å². The van der Waals surface area contributed by atoms with E-state index in [2.05, 4.69) is 13.2 Å². The summed E-state index contributed by atoms with van der Waals surface area (Å²) >= 11 is 0. The predicted octanol–water partition coefficient (Wildman–Crippen LogP) is 3.01. The van der Waals surface area contributed by atoms with Gasteiger partial charge in [-0.25, -0.2) is 0 Å². The van der Waals surface area contributed by atoms with Crippen molar-refractivity contribution in [3.63, 3.8) is 0 Å². The van der Waals surface area contributed by atoms with E-state index in [-0.39, 0.29) is 5.92 Å². The molecule has 0 fully saturated rings. The minimum Gasteiger partial charge on any atom is -0.481 e. The van der Waals surface area contributed by atoms with Gasteiger partial charge in [-0.15, -0.1) is 13.2 Å². The van der Waals surface area contributed by atoms with Gasteiger partial charge in [0.25, 0.3) is 0 Å². The molecule has 0 aliphatic rings. The summed E-state index contributed by atoms with van der Waals surface area (Å²) in [6.45, 7) is 7.13. The van der Waals surface area contributed by atoms with Crippen molar-refractivity contribution in [2.24, 2.45) is 5.92 Å². The number of rotatable bonds is 8. The zero-order valence-electron chi connectivity index (χ0n) is 8.04. The fraction of sp³-hybridized carbons (Fsp3) is 0.545. The molecule has 1 atom stereocenters. The minimum absolute atomic E-state index is 0.372. The van der Waals surface area contributed by atoms with Crippen LogP contribution < -0.4 is 0 Å². The van der Waals surface area contributed by atoms with Gasteiger partial charge in [-0.2, -0.15) is 0 Å². The van der Waals surface area contributed by atoms with Crippen molar-refractivity contribution >= 4 is 5.97 Å². The van der Waals surface area contributed by atoms with Crippen molar-refractivity contribution in [2.45, 2.75) is 32.1 Å². The maximum Gasteiger partial charge on any atom is 0.310 e. The van der Waals surface area contributed by atoms with E-state index in [9.17, 15) is 4.79 Å². The van der Waals surface area contributed by atoms with Crippen molar-refractivity contribution in [3.8, 4) is 0 Å². The van der Waals surface area contributed by atoms with Crippen LogP contribution in [0.1, 0.15) is 32.1 Å². The van der Waals surface area contributed by atoms with Gasteiger partial charge in [-0.3, -0.25) is 4.79 Å². The topological polar surface area (TPSA) is 37.3 Å². The Bertz CT molecular complexity index is 173. The molecule has 1 N–H and O–H groups in total. The van der Waals surface area contributed by atoms with E-state index in [1.807, 2.05) is 6.08 Å². The van der Waals surface area contributed by atoms with Crippen LogP contribution in [0.3, 0.4) is 0 Å². The zero-order chi connectivity index (χ0) is 10.1. The first-order chi connectivity index (χ1) is 6.22. The Hall–Kier alpha value is -1.05. The first-order valence-electron chi connectivity index (χ1n) is 4.68. The maximum atomic E-state index is 10.6. The summed E-state index contributed by atoms with van der Waals surface area (Å²) < 4.78 is 0. The van der Waals surface area contributed by atoms with E-state index in [0.29, 0.717) is 6.42 Å². The summed E-state index contributed by atoms with van der Waals surface area (Å²) in [7, 11) is 0. The van der Waals surface area contributed by atoms with Gasteiger partial charge in [0.05, 0.1) is 5.92 Å². The number of hydrogen-bond acceptors (Lipinski definition) is 1. The van der Waals surface area contributed by atoms with Crippen molar-refractivity contribution < 1.29 is 9.90 Å². The SMILES string of the molecule is C=CCCCCC[C@H](C=C)C(=O)O. The molecule has 74 valence electrons. The van der Waals surface area contributed by atoms with Crippen molar-refractivity contribution in [2.75, 3.05) is 0 Å². The van der Waals surface area contributed by atoms with E-state index < -0.39 is 5.97 Å². The van der Waals surface area contributed by atoms with Gasteiger partial charge >= 0.3 is 5.97 Å². The highest BCUT2D eigenvalue weighted by molar-refractivity contribution is 5.71. The van der Waals surface area contributed by atoms with Crippen LogP contribution >= 0.6 is 0 Å². The molecule has 0 saturated heterocycles. The number of carbonyl (C=O) groups is 1. The average Bonchev–Trinajstić information content (AvgIpc) is 2.10. The Morgan fingerprint density at radius 3 is 2.46 bits per heavy atom. The summed E-state index contributed by atoms with van der Waals surface area (Å²) in [5.74, 6) is -1.14. The fourth-order valence-corrected chi connectivity index (χ4v) is 1.17. The second-order valence-electron chi connectivity index (χ2n) is 3.11. The Balaban J connectivity index is 3.44. The van der Waals surface area contributed by atoms with Gasteiger partial charge in [0.1, 0.15) is 0 Å². The minimum atomic E-state index is -0.765. The van der Waals surface area contributed by atoms with Gasteiger partial charge in [0.2, 0.25) is 0 Å². The third kappa shape index (κ3) is 6.14. The molecule has 0 aliphatic carbocycles. The molecule has 0 amide bonds. The molecule has 0 aromatic rings. The smallest absolute Gasteiger partial charge is 0.310 e. The molecule has 0 radical (unpaired) electrons. The van der Waals surface area contributed by atoms with Crippen LogP contribution in [-0.4, -0.2) is 11.1 Å². The van der Waals surface area contributed by atoms with Gasteiger partial charge in [-0.05, 0) is 19.3 Å². The first-order valence-corrected chi connectivity index (χ1v) is 4.68. The molecule has 0 unspecified atom stereocenters. The molecule has 0 aromatic heterocycles. The summed E-state index contributed by atoms with van der Waals surface area (Å²) in [5.41, 5.74) is 0. The molecule has 0 bridgehead atoms. The Morgan fingerprint density at radius 2 is 2.00 bits per heavy atom. The molecule has 0 aromatic carbocycles. The summed E-state index contributed by atoms with van der Waals surface area (Å²) in [6.07, 6.45) is 8.26. The molecule has 13 heavy (non-hydrogen) atoms. The standard InChI is InChI=1S/C11H18O2/c1-3-5-6-7-8-9-10(4-2)11(12)13/h3-4,10H,1-2,5-9H2,(H,12,13)/t10-/m0/s1. The second-order valence-corrected chi connectivity index (χ2v) is 3.11. The number of carboxylic acid groups (broad SMARTS) is 1. The lowest BCUT2D eigenvalue weighted by Crippen LogP contribution is -2.10. The van der Waals surface area contributed by atoms with E-state index in [1.165, 1.54) is 6.08 Å². The average molecular weight is 182 g/mol. The van der Waals surface area contributed by atoms with Gasteiger partial charge in [0, 0.05) is 0 Å². The van der Waals surface area contributed by atoms with Crippen LogP contribution in [0, 0.1) is 5.92 Å². The summed E-state index contributed by atoms with van der Waals surface area (Å²) in [4.78, 5) is 10.6. The van der Waals surface area contributed by atoms with Gasteiger partial charge < -0.3 is 5.11 Å². The van der Waals surface area contributed by atoms with E-state index in [4.69, 9.17) is 5.11 Å².